The van der Waals surface area contributed by atoms with E-state index >= 15 is 0 Å². The molecule has 0 aliphatic carbocycles. The molecule has 2 aromatic rings. The Kier molecular flexibility index (Phi) is 4.41. The Labute approximate surface area is 119 Å². The fraction of sp³-hybridized carbons (Fsp3) is 0.235. The summed E-state index contributed by atoms with van der Waals surface area (Å²) in [5.74, 6) is 0.539. The third kappa shape index (κ3) is 3.60. The molecule has 1 atom stereocenters. The van der Waals surface area contributed by atoms with E-state index in [1.54, 1.807) is 6.92 Å². The van der Waals surface area contributed by atoms with Gasteiger partial charge in [-0.2, -0.15) is 0 Å². The summed E-state index contributed by atoms with van der Waals surface area (Å²) in [4.78, 5) is 12.1. The van der Waals surface area contributed by atoms with Gasteiger partial charge in [-0.3, -0.25) is 4.79 Å². The molecule has 0 spiro atoms. The van der Waals surface area contributed by atoms with Crippen LogP contribution < -0.4 is 10.1 Å². The summed E-state index contributed by atoms with van der Waals surface area (Å²) in [5, 5.41) is 2.89. The van der Waals surface area contributed by atoms with E-state index in [-0.39, 0.29) is 5.91 Å². The lowest BCUT2D eigenvalue weighted by Gasteiger charge is -2.16. The molecule has 0 saturated carbocycles. The highest BCUT2D eigenvalue weighted by molar-refractivity contribution is 5.94. The van der Waals surface area contributed by atoms with Crippen LogP contribution in [0.25, 0.3) is 0 Å². The monoisotopic (exact) mass is 269 g/mol. The van der Waals surface area contributed by atoms with Crippen molar-refractivity contribution in [1.82, 2.24) is 0 Å². The number of nitrogens with one attached hydrogen (secondary N) is 1. The number of para-hydroxylation sites is 1. The summed E-state index contributed by atoms with van der Waals surface area (Å²) < 4.78 is 5.60. The van der Waals surface area contributed by atoms with Gasteiger partial charge >= 0.3 is 0 Å². The zero-order chi connectivity index (χ0) is 14.5. The van der Waals surface area contributed by atoms with Gasteiger partial charge in [-0.25, -0.2) is 0 Å². The number of benzene rings is 2. The van der Waals surface area contributed by atoms with Crippen molar-refractivity contribution >= 4 is 11.6 Å². The Morgan fingerprint density at radius 2 is 1.80 bits per heavy atom. The van der Waals surface area contributed by atoms with E-state index in [0.717, 1.165) is 11.3 Å². The summed E-state index contributed by atoms with van der Waals surface area (Å²) in [6.07, 6.45) is -0.543. The van der Waals surface area contributed by atoms with Crippen LogP contribution >= 0.6 is 0 Å². The topological polar surface area (TPSA) is 38.3 Å². The normalized spacial score (nSPS) is 11.8. The van der Waals surface area contributed by atoms with Crippen LogP contribution in [0.5, 0.6) is 5.75 Å². The van der Waals surface area contributed by atoms with Crippen LogP contribution in [0.15, 0.2) is 48.5 Å². The van der Waals surface area contributed by atoms with Crippen molar-refractivity contribution in [2.24, 2.45) is 0 Å². The first kappa shape index (κ1) is 14.1. The van der Waals surface area contributed by atoms with Crippen LogP contribution in [-0.2, 0) is 4.79 Å². The highest BCUT2D eigenvalue weighted by Gasteiger charge is 2.15. The molecule has 0 aliphatic rings. The first-order chi connectivity index (χ1) is 9.56. The van der Waals surface area contributed by atoms with Crippen molar-refractivity contribution in [3.63, 3.8) is 0 Å². The number of carbonyl (C=O) groups excluding carboxylic acids is 1. The molecule has 1 N–H and O–H groups in total. The predicted molar refractivity (Wildman–Crippen MR) is 81.1 cm³/mol. The molecule has 0 fully saturated rings. The van der Waals surface area contributed by atoms with Gasteiger partial charge in [0.15, 0.2) is 6.10 Å². The second kappa shape index (κ2) is 6.24. The van der Waals surface area contributed by atoms with Gasteiger partial charge in [0.2, 0.25) is 0 Å². The average Bonchev–Trinajstić information content (AvgIpc) is 2.43. The molecule has 1 amide bonds. The second-order valence-electron chi connectivity index (χ2n) is 4.88. The number of anilines is 1. The fourth-order valence-electron chi connectivity index (χ4n) is 1.94. The minimum Gasteiger partial charge on any atom is -0.481 e. The van der Waals surface area contributed by atoms with E-state index in [0.29, 0.717) is 5.75 Å². The van der Waals surface area contributed by atoms with Crippen molar-refractivity contribution in [1.29, 1.82) is 0 Å². The number of aryl methyl sites for hydroxylation is 2. The fourth-order valence-corrected chi connectivity index (χ4v) is 1.94. The quantitative estimate of drug-likeness (QED) is 0.919. The zero-order valence-electron chi connectivity index (χ0n) is 12.0. The summed E-state index contributed by atoms with van der Waals surface area (Å²) in [6.45, 7) is 5.75. The van der Waals surface area contributed by atoms with Crippen LogP contribution in [0.3, 0.4) is 0 Å². The van der Waals surface area contributed by atoms with Crippen molar-refractivity contribution in [3.05, 3.63) is 59.7 Å². The van der Waals surface area contributed by atoms with Crippen molar-refractivity contribution < 1.29 is 9.53 Å². The molecule has 0 radical (unpaired) electrons. The van der Waals surface area contributed by atoms with E-state index in [1.165, 1.54) is 5.56 Å². The summed E-state index contributed by atoms with van der Waals surface area (Å²) in [6, 6.07) is 15.3. The molecule has 3 heteroatoms. The highest BCUT2D eigenvalue weighted by atomic mass is 16.5. The Morgan fingerprint density at radius 3 is 2.45 bits per heavy atom. The first-order valence-corrected chi connectivity index (χ1v) is 6.66. The van der Waals surface area contributed by atoms with E-state index in [4.69, 9.17) is 4.74 Å². The third-order valence-corrected chi connectivity index (χ3v) is 3.07. The molecule has 0 bridgehead atoms. The number of rotatable bonds is 4. The predicted octanol–water partition coefficient (Wildman–Crippen LogP) is 3.71. The minimum absolute atomic E-state index is 0.152. The molecule has 20 heavy (non-hydrogen) atoms. The lowest BCUT2D eigenvalue weighted by atomic mass is 10.1. The Morgan fingerprint density at radius 1 is 1.10 bits per heavy atom. The number of carbonyl (C=O) groups is 1. The van der Waals surface area contributed by atoms with E-state index < -0.39 is 6.10 Å². The molecule has 0 saturated heterocycles. The molecule has 2 rings (SSSR count). The number of hydrogen-bond acceptors (Lipinski definition) is 2. The van der Waals surface area contributed by atoms with Gasteiger partial charge in [0, 0.05) is 5.69 Å². The van der Waals surface area contributed by atoms with Crippen LogP contribution in [0, 0.1) is 13.8 Å². The molecule has 0 aliphatic heterocycles. The Balaban J connectivity index is 2.01. The second-order valence-corrected chi connectivity index (χ2v) is 4.88. The van der Waals surface area contributed by atoms with Crippen molar-refractivity contribution in [2.75, 3.05) is 5.32 Å². The summed E-state index contributed by atoms with van der Waals surface area (Å²) >= 11 is 0. The minimum atomic E-state index is -0.543. The van der Waals surface area contributed by atoms with Gasteiger partial charge in [0.1, 0.15) is 5.75 Å². The average molecular weight is 269 g/mol. The summed E-state index contributed by atoms with van der Waals surface area (Å²) in [7, 11) is 0. The standard InChI is InChI=1S/C17H19NO2/c1-12-9-10-16(13(2)11-12)18-17(19)14(3)20-15-7-5-4-6-8-15/h4-11,14H,1-3H3,(H,18,19)/t14-/m0/s1. The molecule has 3 nitrogen and oxygen atoms in total. The van der Waals surface area contributed by atoms with Crippen LogP contribution in [0.4, 0.5) is 5.69 Å². The van der Waals surface area contributed by atoms with Crippen LogP contribution in [0.2, 0.25) is 0 Å². The molecule has 104 valence electrons. The Hall–Kier alpha value is -2.29. The van der Waals surface area contributed by atoms with E-state index in [2.05, 4.69) is 5.32 Å². The molecule has 0 heterocycles. The number of hydrogen-bond donors (Lipinski definition) is 1. The van der Waals surface area contributed by atoms with Gasteiger partial charge in [0.25, 0.3) is 5.91 Å². The van der Waals surface area contributed by atoms with Crippen LogP contribution in [-0.4, -0.2) is 12.0 Å². The van der Waals surface area contributed by atoms with Crippen molar-refractivity contribution in [2.45, 2.75) is 26.9 Å². The maximum absolute atomic E-state index is 12.1. The van der Waals surface area contributed by atoms with Crippen molar-refractivity contribution in [3.8, 4) is 5.75 Å². The maximum Gasteiger partial charge on any atom is 0.265 e. The molecular formula is C17H19NO2. The lowest BCUT2D eigenvalue weighted by Crippen LogP contribution is -2.30. The van der Waals surface area contributed by atoms with Gasteiger partial charge in [-0.1, -0.05) is 35.9 Å². The molecular weight excluding hydrogens is 250 g/mol. The Bertz CT molecular complexity index is 593. The number of amides is 1. The van der Waals surface area contributed by atoms with E-state index in [1.807, 2.05) is 62.4 Å². The lowest BCUT2D eigenvalue weighted by molar-refractivity contribution is -0.122. The van der Waals surface area contributed by atoms with Gasteiger partial charge < -0.3 is 10.1 Å². The van der Waals surface area contributed by atoms with Gasteiger partial charge in [-0.05, 0) is 44.5 Å². The molecule has 0 unspecified atom stereocenters. The van der Waals surface area contributed by atoms with Gasteiger partial charge in [0.05, 0.1) is 0 Å². The SMILES string of the molecule is Cc1ccc(NC(=O)[C@H](C)Oc2ccccc2)c(C)c1. The van der Waals surface area contributed by atoms with E-state index in [9.17, 15) is 4.79 Å². The highest BCUT2D eigenvalue weighted by Crippen LogP contribution is 2.17. The molecule has 0 aromatic heterocycles. The van der Waals surface area contributed by atoms with Crippen LogP contribution in [0.1, 0.15) is 18.1 Å². The summed E-state index contributed by atoms with van der Waals surface area (Å²) in [5.41, 5.74) is 3.04. The zero-order valence-corrected chi connectivity index (χ0v) is 12.0. The largest absolute Gasteiger partial charge is 0.481 e. The smallest absolute Gasteiger partial charge is 0.265 e. The first-order valence-electron chi connectivity index (χ1n) is 6.66. The molecule has 2 aromatic carbocycles. The number of ether oxygens (including phenoxy) is 1. The maximum atomic E-state index is 12.1. The third-order valence-electron chi connectivity index (χ3n) is 3.07. The van der Waals surface area contributed by atoms with Gasteiger partial charge in [-0.15, -0.1) is 0 Å².